The normalized spacial score (nSPS) is 14.1. The molecule has 182 valence electrons. The molecule has 36 heavy (non-hydrogen) atoms. The molecule has 4 aromatic rings. The monoisotopic (exact) mass is 501 g/mol. The SMILES string of the molecule is Cc1cc(OC(=O)c2oc3c(c2C)/C(=N/NC(=O)c2ccc4ccccc4n2)CCC3)cc(C)c1Cl. The Labute approximate surface area is 213 Å². The van der Waals surface area contributed by atoms with Crippen molar-refractivity contribution in [2.24, 2.45) is 5.10 Å². The summed E-state index contributed by atoms with van der Waals surface area (Å²) < 4.78 is 11.5. The lowest BCUT2D eigenvalue weighted by molar-refractivity contribution is 0.0698. The number of hydrogen-bond acceptors (Lipinski definition) is 6. The van der Waals surface area contributed by atoms with E-state index in [1.807, 2.05) is 44.2 Å². The number of aryl methyl sites for hydroxylation is 3. The number of benzene rings is 2. The molecule has 7 nitrogen and oxygen atoms in total. The summed E-state index contributed by atoms with van der Waals surface area (Å²) in [5, 5.41) is 5.98. The molecule has 2 heterocycles. The second kappa shape index (κ2) is 9.59. The van der Waals surface area contributed by atoms with Crippen molar-refractivity contribution < 1.29 is 18.7 Å². The molecule has 1 amide bonds. The number of hydrazone groups is 1. The minimum absolute atomic E-state index is 0.127. The number of esters is 1. The Hall–Kier alpha value is -3.97. The molecule has 1 aliphatic rings. The second-order valence-corrected chi connectivity index (χ2v) is 9.24. The van der Waals surface area contributed by atoms with Crippen molar-refractivity contribution in [2.75, 3.05) is 0 Å². The molecule has 2 aromatic carbocycles. The molecule has 0 bridgehead atoms. The van der Waals surface area contributed by atoms with Crippen molar-refractivity contribution in [1.82, 2.24) is 10.4 Å². The van der Waals surface area contributed by atoms with Crippen molar-refractivity contribution in [1.29, 1.82) is 0 Å². The third-order valence-electron chi connectivity index (χ3n) is 6.26. The fourth-order valence-electron chi connectivity index (χ4n) is 4.46. The van der Waals surface area contributed by atoms with E-state index in [9.17, 15) is 9.59 Å². The van der Waals surface area contributed by atoms with Crippen molar-refractivity contribution >= 4 is 40.1 Å². The van der Waals surface area contributed by atoms with Gasteiger partial charge in [0, 0.05) is 28.0 Å². The van der Waals surface area contributed by atoms with Crippen LogP contribution in [0.15, 0.2) is 58.0 Å². The number of rotatable bonds is 4. The molecule has 0 aliphatic heterocycles. The summed E-state index contributed by atoms with van der Waals surface area (Å²) in [7, 11) is 0. The number of pyridine rings is 1. The van der Waals surface area contributed by atoms with E-state index in [1.165, 1.54) is 0 Å². The van der Waals surface area contributed by atoms with Crippen molar-refractivity contribution in [3.63, 3.8) is 0 Å². The number of fused-ring (bicyclic) bond motifs is 2. The van der Waals surface area contributed by atoms with Crippen LogP contribution >= 0.6 is 11.6 Å². The Kier molecular flexibility index (Phi) is 6.33. The van der Waals surface area contributed by atoms with E-state index in [2.05, 4.69) is 15.5 Å². The first kappa shape index (κ1) is 23.8. The Bertz CT molecular complexity index is 1530. The smallest absolute Gasteiger partial charge is 0.379 e. The number of nitrogens with one attached hydrogen (secondary N) is 1. The minimum atomic E-state index is -0.591. The highest BCUT2D eigenvalue weighted by atomic mass is 35.5. The van der Waals surface area contributed by atoms with Gasteiger partial charge in [-0.2, -0.15) is 5.10 Å². The molecule has 0 saturated heterocycles. The van der Waals surface area contributed by atoms with Crippen LogP contribution in [-0.4, -0.2) is 22.6 Å². The van der Waals surface area contributed by atoms with Crippen LogP contribution in [0.3, 0.4) is 0 Å². The summed E-state index contributed by atoms with van der Waals surface area (Å²) >= 11 is 6.22. The molecule has 1 aliphatic carbocycles. The molecule has 0 atom stereocenters. The van der Waals surface area contributed by atoms with Gasteiger partial charge in [-0.3, -0.25) is 4.79 Å². The summed E-state index contributed by atoms with van der Waals surface area (Å²) in [6.45, 7) is 5.51. The zero-order valence-corrected chi connectivity index (χ0v) is 20.9. The average Bonchev–Trinajstić information content (AvgIpc) is 3.22. The third kappa shape index (κ3) is 4.50. The standard InChI is InChI=1S/C28H24ClN3O4/c1-15-13-19(14-16(2)25(15)29)35-28(34)26-17(3)24-21(9-6-10-23(24)36-26)31-32-27(33)22-12-11-18-7-4-5-8-20(18)30-22/h4-5,7-8,11-14H,6,9-10H2,1-3H3,(H,32,33)/b31-21+. The van der Waals surface area contributed by atoms with Crippen LogP contribution in [0.2, 0.25) is 5.02 Å². The van der Waals surface area contributed by atoms with Gasteiger partial charge >= 0.3 is 5.97 Å². The number of amides is 1. The van der Waals surface area contributed by atoms with Crippen LogP contribution in [-0.2, 0) is 6.42 Å². The van der Waals surface area contributed by atoms with Crippen molar-refractivity contribution in [3.05, 3.63) is 93.0 Å². The molecule has 0 spiro atoms. The Balaban J connectivity index is 1.38. The van der Waals surface area contributed by atoms with Gasteiger partial charge in [0.15, 0.2) is 0 Å². The summed E-state index contributed by atoms with van der Waals surface area (Å²) in [4.78, 5) is 30.1. The molecule has 5 rings (SSSR count). The number of furan rings is 1. The highest BCUT2D eigenvalue weighted by Crippen LogP contribution is 2.31. The molecular weight excluding hydrogens is 478 g/mol. The number of aromatic nitrogens is 1. The highest BCUT2D eigenvalue weighted by molar-refractivity contribution is 6.32. The molecule has 1 N–H and O–H groups in total. The topological polar surface area (TPSA) is 93.8 Å². The van der Waals surface area contributed by atoms with Gasteiger partial charge in [0.1, 0.15) is 17.2 Å². The number of carbonyl (C=O) groups is 2. The first-order chi connectivity index (χ1) is 17.3. The van der Waals surface area contributed by atoms with Crippen LogP contribution in [0.5, 0.6) is 5.75 Å². The van der Waals surface area contributed by atoms with Crippen molar-refractivity contribution in [3.8, 4) is 5.75 Å². The van der Waals surface area contributed by atoms with Gasteiger partial charge in [-0.1, -0.05) is 35.9 Å². The summed E-state index contributed by atoms with van der Waals surface area (Å²) in [5.41, 5.74) is 7.29. The zero-order chi connectivity index (χ0) is 25.4. The lowest BCUT2D eigenvalue weighted by Gasteiger charge is -2.13. The van der Waals surface area contributed by atoms with Gasteiger partial charge in [0.2, 0.25) is 5.76 Å². The van der Waals surface area contributed by atoms with E-state index in [-0.39, 0.29) is 11.5 Å². The molecule has 0 saturated carbocycles. The van der Waals surface area contributed by atoms with Crippen LogP contribution in [0.4, 0.5) is 0 Å². The van der Waals surface area contributed by atoms with Crippen LogP contribution in [0.1, 0.15) is 61.9 Å². The van der Waals surface area contributed by atoms with E-state index in [1.54, 1.807) is 25.1 Å². The van der Waals surface area contributed by atoms with Gasteiger partial charge in [0.05, 0.1) is 11.2 Å². The fraction of sp³-hybridized carbons (Fsp3) is 0.214. The van der Waals surface area contributed by atoms with Gasteiger partial charge < -0.3 is 9.15 Å². The van der Waals surface area contributed by atoms with Gasteiger partial charge in [-0.05, 0) is 69.0 Å². The van der Waals surface area contributed by atoms with E-state index in [4.69, 9.17) is 20.8 Å². The zero-order valence-electron chi connectivity index (χ0n) is 20.1. The fourth-order valence-corrected chi connectivity index (χ4v) is 4.57. The number of halogens is 1. The molecule has 0 fully saturated rings. The lowest BCUT2D eigenvalue weighted by atomic mass is 9.93. The number of ether oxygens (including phenoxy) is 1. The molecule has 0 unspecified atom stereocenters. The van der Waals surface area contributed by atoms with Crippen molar-refractivity contribution in [2.45, 2.75) is 40.0 Å². The maximum Gasteiger partial charge on any atom is 0.379 e. The average molecular weight is 502 g/mol. The van der Waals surface area contributed by atoms with Crippen LogP contribution in [0, 0.1) is 20.8 Å². The minimum Gasteiger partial charge on any atom is -0.453 e. The van der Waals surface area contributed by atoms with Gasteiger partial charge in [0.25, 0.3) is 5.91 Å². The highest BCUT2D eigenvalue weighted by Gasteiger charge is 2.29. The van der Waals surface area contributed by atoms with E-state index in [0.29, 0.717) is 40.6 Å². The summed E-state index contributed by atoms with van der Waals surface area (Å²) in [5.74, 6) is 0.187. The Morgan fingerprint density at radius 3 is 2.58 bits per heavy atom. The summed E-state index contributed by atoms with van der Waals surface area (Å²) in [6, 6.07) is 14.5. The summed E-state index contributed by atoms with van der Waals surface area (Å²) in [6.07, 6.45) is 2.09. The first-order valence-corrected chi connectivity index (χ1v) is 12.0. The molecule has 2 aromatic heterocycles. The number of carbonyl (C=O) groups excluding carboxylic acids is 2. The lowest BCUT2D eigenvalue weighted by Crippen LogP contribution is -2.23. The quantitative estimate of drug-likeness (QED) is 0.207. The maximum atomic E-state index is 13.0. The van der Waals surface area contributed by atoms with Crippen LogP contribution in [0.25, 0.3) is 10.9 Å². The first-order valence-electron chi connectivity index (χ1n) is 11.7. The van der Waals surface area contributed by atoms with Crippen LogP contribution < -0.4 is 10.2 Å². The number of para-hydroxylation sites is 1. The Morgan fingerprint density at radius 2 is 1.81 bits per heavy atom. The Morgan fingerprint density at radius 1 is 1.06 bits per heavy atom. The van der Waals surface area contributed by atoms with E-state index >= 15 is 0 Å². The predicted octanol–water partition coefficient (Wildman–Crippen LogP) is 6.10. The van der Waals surface area contributed by atoms with E-state index in [0.717, 1.165) is 34.0 Å². The molecular formula is C28H24ClN3O4. The second-order valence-electron chi connectivity index (χ2n) is 8.86. The maximum absolute atomic E-state index is 13.0. The predicted molar refractivity (Wildman–Crippen MR) is 138 cm³/mol. The number of hydrogen-bond donors (Lipinski definition) is 1. The third-order valence-corrected chi connectivity index (χ3v) is 6.85. The molecule has 8 heteroatoms. The molecule has 0 radical (unpaired) electrons. The van der Waals surface area contributed by atoms with E-state index < -0.39 is 11.9 Å². The number of nitrogens with zero attached hydrogens (tertiary/aromatic N) is 2. The van der Waals surface area contributed by atoms with Gasteiger partial charge in [-0.15, -0.1) is 0 Å². The largest absolute Gasteiger partial charge is 0.453 e. The van der Waals surface area contributed by atoms with Gasteiger partial charge in [-0.25, -0.2) is 15.2 Å².